The number of hydrogen-bond acceptors (Lipinski definition) is 7. The first-order valence-corrected chi connectivity index (χ1v) is 18.3. The lowest BCUT2D eigenvalue weighted by Gasteiger charge is -2.17. The Morgan fingerprint density at radius 2 is 0.900 bits per heavy atom. The molecule has 10 nitrogen and oxygen atoms in total. The lowest BCUT2D eigenvalue weighted by Crippen LogP contribution is -2.33. The quantitative estimate of drug-likeness (QED) is 0.0563. The Labute approximate surface area is 286 Å². The van der Waals surface area contributed by atoms with Crippen LogP contribution < -0.4 is 15.2 Å². The van der Waals surface area contributed by atoms with Crippen molar-refractivity contribution in [3.63, 3.8) is 0 Å². The summed E-state index contributed by atoms with van der Waals surface area (Å²) >= 11 is 0. The van der Waals surface area contributed by atoms with Gasteiger partial charge in [0, 0.05) is 57.2 Å². The van der Waals surface area contributed by atoms with E-state index < -0.39 is 20.2 Å². The molecule has 0 unspecified atom stereocenters. The monoisotopic (exact) mass is 699 g/mol. The van der Waals surface area contributed by atoms with Gasteiger partial charge in [0.05, 0.1) is 11.4 Å². The van der Waals surface area contributed by atoms with E-state index in [9.17, 15) is 25.9 Å². The first-order valence-electron chi connectivity index (χ1n) is 15.4. The molecule has 0 saturated heterocycles. The summed E-state index contributed by atoms with van der Waals surface area (Å²) in [5.74, 6) is 0. The summed E-state index contributed by atoms with van der Waals surface area (Å²) in [6.45, 7) is 0. The second-order valence-corrected chi connectivity index (χ2v) is 14.4. The SMILES string of the molecule is O=S(=O)(O)c1cccc2c1c(Nc1ccccc1)cc1c2nc2c3cccc(S(=O)(=O)O)c3c(Nc3ccccc3)cc2[n+]1-c1ccccc1. The molecule has 4 N–H and O–H groups in total. The molecule has 0 radical (unpaired) electrons. The average molecular weight is 700 g/mol. The number of para-hydroxylation sites is 3. The number of aromatic nitrogens is 2. The van der Waals surface area contributed by atoms with Crippen LogP contribution in [0.15, 0.2) is 149 Å². The van der Waals surface area contributed by atoms with Gasteiger partial charge < -0.3 is 10.6 Å². The Morgan fingerprint density at radius 3 is 1.30 bits per heavy atom. The molecule has 0 bridgehead atoms. The zero-order valence-electron chi connectivity index (χ0n) is 26.0. The van der Waals surface area contributed by atoms with Crippen molar-refractivity contribution in [1.29, 1.82) is 0 Å². The second kappa shape index (κ2) is 11.9. The van der Waals surface area contributed by atoms with Gasteiger partial charge in [-0.15, -0.1) is 4.57 Å². The molecule has 0 aliphatic heterocycles. The number of fused-ring (bicyclic) bond motifs is 6. The van der Waals surface area contributed by atoms with E-state index in [2.05, 4.69) is 10.6 Å². The Morgan fingerprint density at radius 1 is 0.500 bits per heavy atom. The predicted octanol–water partition coefficient (Wildman–Crippen LogP) is 7.95. The molecule has 0 amide bonds. The zero-order chi connectivity index (χ0) is 34.6. The number of anilines is 4. The number of rotatable bonds is 7. The summed E-state index contributed by atoms with van der Waals surface area (Å²) in [6, 6.07) is 40.8. The molecule has 0 fully saturated rings. The van der Waals surface area contributed by atoms with Gasteiger partial charge in [0.25, 0.3) is 20.2 Å². The maximum absolute atomic E-state index is 12.8. The fraction of sp³-hybridized carbons (Fsp3) is 0. The number of benzene rings is 7. The Kier molecular flexibility index (Phi) is 7.46. The molecular formula is C38H27N4O6S2+. The molecule has 1 aromatic heterocycles. The second-order valence-electron chi connectivity index (χ2n) is 11.7. The average Bonchev–Trinajstić information content (AvgIpc) is 3.11. The largest absolute Gasteiger partial charge is 0.355 e. The van der Waals surface area contributed by atoms with Crippen LogP contribution in [0.3, 0.4) is 0 Å². The highest BCUT2D eigenvalue weighted by molar-refractivity contribution is 7.86. The first-order chi connectivity index (χ1) is 24.1. The Bertz CT molecular complexity index is 2680. The minimum absolute atomic E-state index is 0.225. The third-order valence-corrected chi connectivity index (χ3v) is 10.3. The smallest absolute Gasteiger partial charge is 0.295 e. The molecular weight excluding hydrogens is 673 g/mol. The number of nitrogens with one attached hydrogen (secondary N) is 2. The molecule has 246 valence electrons. The maximum Gasteiger partial charge on any atom is 0.295 e. The van der Waals surface area contributed by atoms with Gasteiger partial charge in [0.15, 0.2) is 0 Å². The van der Waals surface area contributed by atoms with E-state index in [1.165, 1.54) is 24.3 Å². The van der Waals surface area contributed by atoms with E-state index in [1.54, 1.807) is 24.3 Å². The van der Waals surface area contributed by atoms with E-state index in [0.29, 0.717) is 55.6 Å². The number of hydrogen-bond donors (Lipinski definition) is 4. The van der Waals surface area contributed by atoms with Crippen LogP contribution in [0.5, 0.6) is 0 Å². The van der Waals surface area contributed by atoms with E-state index in [1.807, 2.05) is 95.6 Å². The van der Waals surface area contributed by atoms with Crippen molar-refractivity contribution in [3.8, 4) is 5.69 Å². The van der Waals surface area contributed by atoms with Crippen molar-refractivity contribution in [1.82, 2.24) is 4.98 Å². The molecule has 0 spiro atoms. The van der Waals surface area contributed by atoms with Gasteiger partial charge in [-0.05, 0) is 36.4 Å². The topological polar surface area (TPSA) is 150 Å². The van der Waals surface area contributed by atoms with Crippen molar-refractivity contribution in [2.75, 3.05) is 10.6 Å². The van der Waals surface area contributed by atoms with Crippen LogP contribution in [0.25, 0.3) is 49.3 Å². The van der Waals surface area contributed by atoms with Crippen molar-refractivity contribution in [2.45, 2.75) is 9.79 Å². The van der Waals surface area contributed by atoms with E-state index in [4.69, 9.17) is 4.98 Å². The van der Waals surface area contributed by atoms with Crippen LogP contribution in [0.2, 0.25) is 0 Å². The van der Waals surface area contributed by atoms with E-state index in [-0.39, 0.29) is 20.6 Å². The first kappa shape index (κ1) is 31.4. The molecule has 0 saturated carbocycles. The fourth-order valence-electron chi connectivity index (χ4n) is 6.50. The summed E-state index contributed by atoms with van der Waals surface area (Å²) in [7, 11) is -9.37. The van der Waals surface area contributed by atoms with Gasteiger partial charge in [0.2, 0.25) is 16.7 Å². The van der Waals surface area contributed by atoms with Gasteiger partial charge in [-0.25, -0.2) is 4.98 Å². The summed E-state index contributed by atoms with van der Waals surface area (Å²) < 4.78 is 73.9. The summed E-state index contributed by atoms with van der Waals surface area (Å²) in [4.78, 5) is 4.53. The van der Waals surface area contributed by atoms with Crippen LogP contribution in [0, 0.1) is 0 Å². The number of nitrogens with zero attached hydrogens (tertiary/aromatic N) is 2. The molecule has 8 aromatic rings. The third kappa shape index (κ3) is 5.46. The minimum atomic E-state index is -4.69. The van der Waals surface area contributed by atoms with Crippen molar-refractivity contribution in [2.24, 2.45) is 0 Å². The van der Waals surface area contributed by atoms with Crippen molar-refractivity contribution < 1.29 is 30.5 Å². The summed E-state index contributed by atoms with van der Waals surface area (Å²) in [6.07, 6.45) is 0. The summed E-state index contributed by atoms with van der Waals surface area (Å²) in [5.41, 5.74) is 4.93. The molecule has 0 atom stereocenters. The third-order valence-electron chi connectivity index (χ3n) is 8.53. The van der Waals surface area contributed by atoms with Gasteiger partial charge in [-0.1, -0.05) is 78.9 Å². The molecule has 8 rings (SSSR count). The van der Waals surface area contributed by atoms with Crippen molar-refractivity contribution in [3.05, 3.63) is 140 Å². The maximum atomic E-state index is 12.8. The Balaban J connectivity index is 1.60. The highest BCUT2D eigenvalue weighted by Crippen LogP contribution is 2.40. The fourth-order valence-corrected chi connectivity index (χ4v) is 7.95. The lowest BCUT2D eigenvalue weighted by molar-refractivity contribution is -0.538. The van der Waals surface area contributed by atoms with E-state index in [0.717, 1.165) is 5.69 Å². The van der Waals surface area contributed by atoms with Gasteiger partial charge in [-0.3, -0.25) is 9.11 Å². The van der Waals surface area contributed by atoms with Crippen LogP contribution in [-0.2, 0) is 20.2 Å². The van der Waals surface area contributed by atoms with Gasteiger partial charge >= 0.3 is 0 Å². The highest BCUT2D eigenvalue weighted by Gasteiger charge is 2.29. The molecule has 1 heterocycles. The van der Waals surface area contributed by atoms with Crippen molar-refractivity contribution >= 4 is 86.6 Å². The molecule has 0 aliphatic carbocycles. The normalized spacial score (nSPS) is 12.1. The summed E-state index contributed by atoms with van der Waals surface area (Å²) in [5, 5.41) is 8.00. The highest BCUT2D eigenvalue weighted by atomic mass is 32.2. The molecule has 7 aromatic carbocycles. The molecule has 50 heavy (non-hydrogen) atoms. The molecule has 0 aliphatic rings. The van der Waals surface area contributed by atoms with Crippen LogP contribution >= 0.6 is 0 Å². The van der Waals surface area contributed by atoms with Crippen LogP contribution in [0.4, 0.5) is 22.7 Å². The standard InChI is InChI=1S/C38H26N4O6S2/c43-49(44,45)33-20-10-18-27-35(33)29(39-24-12-4-1-5-13-24)22-31-37(27)41-38-28-19-11-21-34(50(46,47)48)36(28)30(40-25-14-6-2-7-15-25)23-32(38)42(31)26-16-8-3-9-17-26/h1-23H,(H3,39,40,43,44,45,46,47,48)/p+1. The predicted molar refractivity (Wildman–Crippen MR) is 195 cm³/mol. The van der Waals surface area contributed by atoms with Gasteiger partial charge in [0.1, 0.15) is 20.8 Å². The lowest BCUT2D eigenvalue weighted by atomic mass is 10.0. The van der Waals surface area contributed by atoms with E-state index >= 15 is 0 Å². The zero-order valence-corrected chi connectivity index (χ0v) is 27.7. The minimum Gasteiger partial charge on any atom is -0.355 e. The Hall–Kier alpha value is -5.92. The van der Waals surface area contributed by atoms with Crippen LogP contribution in [-0.4, -0.2) is 30.9 Å². The van der Waals surface area contributed by atoms with Gasteiger partial charge in [-0.2, -0.15) is 16.8 Å². The molecule has 12 heteroatoms. The van der Waals surface area contributed by atoms with Crippen LogP contribution in [0.1, 0.15) is 0 Å².